The van der Waals surface area contributed by atoms with Crippen LogP contribution in [0, 0.1) is 13.8 Å². The number of hydrogen-bond acceptors (Lipinski definition) is 4. The Morgan fingerprint density at radius 3 is 2.27 bits per heavy atom. The largest absolute Gasteiger partial charge is 0.325 e. The van der Waals surface area contributed by atoms with Crippen LogP contribution in [0.3, 0.4) is 0 Å². The number of benzene rings is 3. The molecule has 4 rings (SSSR count). The van der Waals surface area contributed by atoms with Crippen molar-refractivity contribution >= 4 is 28.7 Å². The van der Waals surface area contributed by atoms with Crippen molar-refractivity contribution in [3.8, 4) is 5.69 Å². The third-order valence-electron chi connectivity index (χ3n) is 4.70. The molecular weight excluding hydrogens is 378 g/mol. The summed E-state index contributed by atoms with van der Waals surface area (Å²) in [7, 11) is 0. The molecule has 0 aliphatic rings. The van der Waals surface area contributed by atoms with E-state index >= 15 is 0 Å². The maximum Gasteiger partial charge on any atom is 0.325 e. The number of fused-ring (bicyclic) bond motifs is 1. The molecule has 0 bridgehead atoms. The fourth-order valence-electron chi connectivity index (χ4n) is 3.10. The lowest BCUT2D eigenvalue weighted by Crippen LogP contribution is -2.35. The van der Waals surface area contributed by atoms with Crippen molar-refractivity contribution in [2.75, 3.05) is 5.32 Å². The Morgan fingerprint density at radius 1 is 0.900 bits per heavy atom. The van der Waals surface area contributed by atoms with E-state index in [1.807, 2.05) is 74.5 Å². The van der Waals surface area contributed by atoms with Gasteiger partial charge in [0.15, 0.2) is 0 Å². The third-order valence-corrected chi connectivity index (χ3v) is 4.70. The number of aryl methyl sites for hydroxylation is 2. The third kappa shape index (κ3) is 4.35. The smallest absolute Gasteiger partial charge is 0.307 e. The number of imide groups is 1. The first-order valence-corrected chi connectivity index (χ1v) is 9.57. The Hall–Kier alpha value is -4.00. The van der Waals surface area contributed by atoms with Crippen LogP contribution in [0.15, 0.2) is 66.7 Å². The average molecular weight is 399 g/mol. The summed E-state index contributed by atoms with van der Waals surface area (Å²) in [6.45, 7) is 3.89. The van der Waals surface area contributed by atoms with Crippen LogP contribution in [0.25, 0.3) is 16.7 Å². The molecule has 4 aromatic rings. The van der Waals surface area contributed by atoms with Crippen LogP contribution in [-0.2, 0) is 11.2 Å². The lowest BCUT2D eigenvalue weighted by Gasteiger charge is -2.09. The van der Waals surface area contributed by atoms with Crippen LogP contribution in [0.4, 0.5) is 10.5 Å². The second-order valence-corrected chi connectivity index (χ2v) is 7.15. The molecule has 0 saturated carbocycles. The molecule has 1 heterocycles. The highest BCUT2D eigenvalue weighted by Gasteiger charge is 2.13. The molecule has 3 aromatic carbocycles. The fraction of sp³-hybridized carbons (Fsp3) is 0.130. The summed E-state index contributed by atoms with van der Waals surface area (Å²) >= 11 is 0. The SMILES string of the molecule is Cc1ccc(-n2nc3cc(C)c(NC(=O)NC(=O)Cc4ccccc4)cc3n2)cc1. The number of nitrogens with one attached hydrogen (secondary N) is 2. The molecule has 2 N–H and O–H groups in total. The molecule has 1 aromatic heterocycles. The van der Waals surface area contributed by atoms with Crippen LogP contribution in [0.1, 0.15) is 16.7 Å². The Morgan fingerprint density at radius 2 is 1.57 bits per heavy atom. The van der Waals surface area contributed by atoms with E-state index in [0.717, 1.165) is 27.9 Å². The van der Waals surface area contributed by atoms with Gasteiger partial charge in [0.05, 0.1) is 12.1 Å². The van der Waals surface area contributed by atoms with Crippen LogP contribution in [0.5, 0.6) is 0 Å². The zero-order valence-electron chi connectivity index (χ0n) is 16.7. The number of anilines is 1. The topological polar surface area (TPSA) is 88.9 Å². The number of rotatable bonds is 4. The summed E-state index contributed by atoms with van der Waals surface area (Å²) in [6.07, 6.45) is 0.136. The number of carbonyl (C=O) groups excluding carboxylic acids is 2. The molecule has 0 saturated heterocycles. The van der Waals surface area contributed by atoms with Gasteiger partial charge in [-0.05, 0) is 49.2 Å². The molecular formula is C23H21N5O2. The Balaban J connectivity index is 1.48. The van der Waals surface area contributed by atoms with Gasteiger partial charge in [0.2, 0.25) is 5.91 Å². The van der Waals surface area contributed by atoms with Crippen molar-refractivity contribution in [2.24, 2.45) is 0 Å². The van der Waals surface area contributed by atoms with Gasteiger partial charge in [-0.1, -0.05) is 48.0 Å². The van der Waals surface area contributed by atoms with Gasteiger partial charge in [0, 0.05) is 5.69 Å². The summed E-state index contributed by atoms with van der Waals surface area (Å²) in [5.74, 6) is -0.372. The quantitative estimate of drug-likeness (QED) is 0.544. The van der Waals surface area contributed by atoms with E-state index < -0.39 is 6.03 Å². The molecule has 150 valence electrons. The number of hydrogen-bond donors (Lipinski definition) is 2. The molecule has 0 fully saturated rings. The fourth-order valence-corrected chi connectivity index (χ4v) is 3.10. The highest BCUT2D eigenvalue weighted by molar-refractivity contribution is 6.02. The summed E-state index contributed by atoms with van der Waals surface area (Å²) < 4.78 is 0. The minimum absolute atomic E-state index is 0.136. The Labute approximate surface area is 173 Å². The molecule has 30 heavy (non-hydrogen) atoms. The van der Waals surface area contributed by atoms with Gasteiger partial charge in [0.1, 0.15) is 11.0 Å². The van der Waals surface area contributed by atoms with Gasteiger partial charge < -0.3 is 5.32 Å². The standard InChI is InChI=1S/C23H21N5O2/c1-15-8-10-18(11-9-15)28-26-20-12-16(2)19(14-21(20)27-28)24-23(30)25-22(29)13-17-6-4-3-5-7-17/h3-12,14H,13H2,1-2H3,(H2,24,25,29,30). The number of carbonyl (C=O) groups is 2. The molecule has 0 aliphatic carbocycles. The van der Waals surface area contributed by atoms with E-state index in [1.165, 1.54) is 0 Å². The monoisotopic (exact) mass is 399 g/mol. The van der Waals surface area contributed by atoms with Crippen LogP contribution in [-0.4, -0.2) is 26.9 Å². The van der Waals surface area contributed by atoms with Crippen LogP contribution < -0.4 is 10.6 Å². The van der Waals surface area contributed by atoms with Crippen LogP contribution in [0.2, 0.25) is 0 Å². The minimum atomic E-state index is -0.579. The van der Waals surface area contributed by atoms with Crippen molar-refractivity contribution in [1.82, 2.24) is 20.3 Å². The van der Waals surface area contributed by atoms with Crippen molar-refractivity contribution < 1.29 is 9.59 Å². The van der Waals surface area contributed by atoms with E-state index in [0.29, 0.717) is 11.2 Å². The second kappa shape index (κ2) is 8.16. The van der Waals surface area contributed by atoms with Gasteiger partial charge in [-0.2, -0.15) is 4.80 Å². The first kappa shape index (κ1) is 19.3. The summed E-state index contributed by atoms with van der Waals surface area (Å²) in [5, 5.41) is 14.1. The van der Waals surface area contributed by atoms with E-state index in [9.17, 15) is 9.59 Å². The van der Waals surface area contributed by atoms with E-state index in [4.69, 9.17) is 0 Å². The zero-order chi connectivity index (χ0) is 21.1. The predicted octanol–water partition coefficient (Wildman–Crippen LogP) is 3.93. The molecule has 0 spiro atoms. The average Bonchev–Trinajstić information content (AvgIpc) is 3.12. The van der Waals surface area contributed by atoms with Gasteiger partial charge in [0.25, 0.3) is 0 Å². The van der Waals surface area contributed by atoms with Gasteiger partial charge in [-0.25, -0.2) is 4.79 Å². The number of nitrogens with zero attached hydrogens (tertiary/aromatic N) is 3. The first-order valence-electron chi connectivity index (χ1n) is 9.57. The molecule has 0 aliphatic heterocycles. The van der Waals surface area contributed by atoms with Crippen LogP contribution >= 0.6 is 0 Å². The first-order chi connectivity index (χ1) is 14.5. The number of aromatic nitrogens is 3. The van der Waals surface area contributed by atoms with Crippen molar-refractivity contribution in [3.05, 3.63) is 83.4 Å². The van der Waals surface area contributed by atoms with Gasteiger partial charge in [-0.3, -0.25) is 10.1 Å². The molecule has 0 unspecified atom stereocenters. The Bertz CT molecular complexity index is 1210. The normalized spacial score (nSPS) is 10.7. The predicted molar refractivity (Wildman–Crippen MR) is 116 cm³/mol. The zero-order valence-corrected chi connectivity index (χ0v) is 16.7. The van der Waals surface area contributed by atoms with Crippen molar-refractivity contribution in [3.63, 3.8) is 0 Å². The molecule has 7 heteroatoms. The summed E-state index contributed by atoms with van der Waals surface area (Å²) in [5.41, 5.74) is 5.62. The van der Waals surface area contributed by atoms with E-state index in [2.05, 4.69) is 20.8 Å². The van der Waals surface area contributed by atoms with Gasteiger partial charge in [-0.15, -0.1) is 10.2 Å². The molecule has 0 atom stereocenters. The lowest BCUT2D eigenvalue weighted by atomic mass is 10.1. The molecule has 3 amide bonds. The van der Waals surface area contributed by atoms with Crippen molar-refractivity contribution in [1.29, 1.82) is 0 Å². The van der Waals surface area contributed by atoms with Gasteiger partial charge >= 0.3 is 6.03 Å². The number of urea groups is 1. The highest BCUT2D eigenvalue weighted by atomic mass is 16.2. The second-order valence-electron chi connectivity index (χ2n) is 7.15. The molecule has 0 radical (unpaired) electrons. The highest BCUT2D eigenvalue weighted by Crippen LogP contribution is 2.22. The summed E-state index contributed by atoms with van der Waals surface area (Å²) in [6, 6.07) is 20.2. The maximum atomic E-state index is 12.3. The summed E-state index contributed by atoms with van der Waals surface area (Å²) in [4.78, 5) is 25.9. The van der Waals surface area contributed by atoms with E-state index in [-0.39, 0.29) is 12.3 Å². The molecule has 7 nitrogen and oxygen atoms in total. The maximum absolute atomic E-state index is 12.3. The Kier molecular flexibility index (Phi) is 5.26. The number of amides is 3. The lowest BCUT2D eigenvalue weighted by molar-refractivity contribution is -0.119. The minimum Gasteiger partial charge on any atom is -0.307 e. The van der Waals surface area contributed by atoms with E-state index in [1.54, 1.807) is 10.9 Å². The van der Waals surface area contributed by atoms with Crippen molar-refractivity contribution in [2.45, 2.75) is 20.3 Å².